The van der Waals surface area contributed by atoms with Crippen LogP contribution in [-0.2, 0) is 0 Å². The van der Waals surface area contributed by atoms with Crippen LogP contribution in [0.3, 0.4) is 0 Å². The van der Waals surface area contributed by atoms with E-state index in [1.54, 1.807) is 0 Å². The van der Waals surface area contributed by atoms with Crippen LogP contribution in [-0.4, -0.2) is 4.98 Å². The van der Waals surface area contributed by atoms with Gasteiger partial charge in [0, 0.05) is 11.8 Å². The largest absolute Gasteiger partial charge is 0.384 e. The van der Waals surface area contributed by atoms with E-state index in [1.807, 2.05) is 0 Å². The molecule has 0 atom stereocenters. The highest BCUT2D eigenvalue weighted by atomic mass is 19.2. The number of hydrogen-bond acceptors (Lipinski definition) is 2. The molecule has 0 bridgehead atoms. The molecule has 2 rings (SSSR count). The van der Waals surface area contributed by atoms with Crippen molar-refractivity contribution < 1.29 is 13.2 Å². The van der Waals surface area contributed by atoms with Crippen molar-refractivity contribution in [1.82, 2.24) is 4.98 Å². The first kappa shape index (κ1) is 10.5. The van der Waals surface area contributed by atoms with Crippen molar-refractivity contribution in [3.8, 4) is 11.1 Å². The van der Waals surface area contributed by atoms with Gasteiger partial charge >= 0.3 is 0 Å². The fourth-order valence-electron chi connectivity index (χ4n) is 1.36. The number of hydrogen-bond donors (Lipinski definition) is 1. The topological polar surface area (TPSA) is 38.9 Å². The van der Waals surface area contributed by atoms with E-state index < -0.39 is 17.5 Å². The first-order valence-electron chi connectivity index (χ1n) is 4.45. The molecule has 0 spiro atoms. The molecule has 0 saturated carbocycles. The number of nitrogens with two attached hydrogens (primary N) is 1. The van der Waals surface area contributed by atoms with Gasteiger partial charge in [-0.2, -0.15) is 0 Å². The summed E-state index contributed by atoms with van der Waals surface area (Å²) in [7, 11) is 0. The molecule has 16 heavy (non-hydrogen) atoms. The predicted octanol–water partition coefficient (Wildman–Crippen LogP) is 2.75. The molecule has 0 aliphatic carbocycles. The molecule has 0 saturated heterocycles. The number of nitrogen functional groups attached to an aromatic ring is 1. The molecule has 82 valence electrons. The Hall–Kier alpha value is -2.04. The van der Waals surface area contributed by atoms with E-state index in [4.69, 9.17) is 5.73 Å². The number of nitrogens with zero attached hydrogens (tertiary/aromatic N) is 1. The number of rotatable bonds is 1. The smallest absolute Gasteiger partial charge is 0.195 e. The summed E-state index contributed by atoms with van der Waals surface area (Å²) in [5.74, 6) is -3.76. The lowest BCUT2D eigenvalue weighted by molar-refractivity contribution is 0.449. The molecule has 1 aromatic carbocycles. The molecule has 0 unspecified atom stereocenters. The Kier molecular flexibility index (Phi) is 2.52. The van der Waals surface area contributed by atoms with E-state index in [0.29, 0.717) is 5.56 Å². The maximum Gasteiger partial charge on any atom is 0.195 e. The van der Waals surface area contributed by atoms with E-state index in [1.165, 1.54) is 18.3 Å². The summed E-state index contributed by atoms with van der Waals surface area (Å²) in [5.41, 5.74) is 5.72. The van der Waals surface area contributed by atoms with Crippen molar-refractivity contribution in [3.05, 3.63) is 47.9 Å². The van der Waals surface area contributed by atoms with Crippen LogP contribution in [0, 0.1) is 17.5 Å². The van der Waals surface area contributed by atoms with Crippen molar-refractivity contribution in [2.24, 2.45) is 0 Å². The Morgan fingerprint density at radius 2 is 1.75 bits per heavy atom. The van der Waals surface area contributed by atoms with Crippen LogP contribution in [0.5, 0.6) is 0 Å². The van der Waals surface area contributed by atoms with Crippen molar-refractivity contribution in [3.63, 3.8) is 0 Å². The highest BCUT2D eigenvalue weighted by Crippen LogP contribution is 2.26. The summed E-state index contributed by atoms with van der Waals surface area (Å²) < 4.78 is 39.1. The lowest BCUT2D eigenvalue weighted by Crippen LogP contribution is -1.95. The molecule has 0 fully saturated rings. The third-order valence-corrected chi connectivity index (χ3v) is 2.13. The van der Waals surface area contributed by atoms with Gasteiger partial charge in [-0.15, -0.1) is 0 Å². The Labute approximate surface area is 89.5 Å². The molecule has 2 aromatic rings. The van der Waals surface area contributed by atoms with Crippen LogP contribution in [0.15, 0.2) is 30.5 Å². The molecule has 0 radical (unpaired) electrons. The van der Waals surface area contributed by atoms with Crippen LogP contribution in [0.1, 0.15) is 0 Å². The minimum atomic E-state index is -1.49. The summed E-state index contributed by atoms with van der Waals surface area (Å²) in [6, 6.07) is 4.87. The minimum Gasteiger partial charge on any atom is -0.384 e. The molecular formula is C11H7F3N2. The maximum atomic E-state index is 13.4. The zero-order valence-electron chi connectivity index (χ0n) is 8.05. The summed E-state index contributed by atoms with van der Waals surface area (Å²) in [6.45, 7) is 0. The van der Waals surface area contributed by atoms with Gasteiger partial charge in [0.1, 0.15) is 5.82 Å². The van der Waals surface area contributed by atoms with E-state index in [-0.39, 0.29) is 11.4 Å². The molecule has 0 aliphatic rings. The fourth-order valence-corrected chi connectivity index (χ4v) is 1.36. The van der Waals surface area contributed by atoms with Gasteiger partial charge in [-0.3, -0.25) is 0 Å². The molecule has 5 heteroatoms. The number of anilines is 1. The number of aromatic nitrogens is 1. The summed E-state index contributed by atoms with van der Waals surface area (Å²) in [5, 5.41) is 0. The van der Waals surface area contributed by atoms with Gasteiger partial charge in [0.2, 0.25) is 0 Å². The van der Waals surface area contributed by atoms with E-state index >= 15 is 0 Å². The second-order valence-electron chi connectivity index (χ2n) is 3.19. The number of pyridine rings is 1. The van der Waals surface area contributed by atoms with Gasteiger partial charge in [-0.05, 0) is 29.8 Å². The zero-order valence-corrected chi connectivity index (χ0v) is 8.05. The SMILES string of the molecule is Nc1cc(-c2ccc(F)c(F)c2F)ccn1. The van der Waals surface area contributed by atoms with E-state index in [0.717, 1.165) is 12.1 Å². The first-order chi connectivity index (χ1) is 7.59. The number of halogens is 3. The summed E-state index contributed by atoms with van der Waals surface area (Å²) in [4.78, 5) is 3.72. The molecule has 2 N–H and O–H groups in total. The third-order valence-electron chi connectivity index (χ3n) is 2.13. The third kappa shape index (κ3) is 1.71. The normalized spacial score (nSPS) is 10.4. The average molecular weight is 224 g/mol. The fraction of sp³-hybridized carbons (Fsp3) is 0. The van der Waals surface area contributed by atoms with E-state index in [2.05, 4.69) is 4.98 Å². The predicted molar refractivity (Wildman–Crippen MR) is 54.0 cm³/mol. The average Bonchev–Trinajstić information content (AvgIpc) is 2.26. The minimum absolute atomic E-state index is 0.0481. The Bertz CT molecular complexity index is 541. The van der Waals surface area contributed by atoms with Gasteiger partial charge in [0.25, 0.3) is 0 Å². The Morgan fingerprint density at radius 3 is 2.44 bits per heavy atom. The highest BCUT2D eigenvalue weighted by molar-refractivity contribution is 5.66. The zero-order chi connectivity index (χ0) is 11.7. The summed E-state index contributed by atoms with van der Waals surface area (Å²) >= 11 is 0. The standard InChI is InChI=1S/C11H7F3N2/c12-8-2-1-7(10(13)11(8)14)6-3-4-16-9(15)5-6/h1-5H,(H2,15,16). The second-order valence-corrected chi connectivity index (χ2v) is 3.19. The summed E-state index contributed by atoms with van der Waals surface area (Å²) in [6.07, 6.45) is 1.37. The first-order valence-corrected chi connectivity index (χ1v) is 4.45. The Morgan fingerprint density at radius 1 is 1.00 bits per heavy atom. The molecule has 0 aliphatic heterocycles. The van der Waals surface area contributed by atoms with Crippen molar-refractivity contribution >= 4 is 5.82 Å². The van der Waals surface area contributed by atoms with Gasteiger partial charge in [0.15, 0.2) is 17.5 Å². The molecule has 1 aromatic heterocycles. The van der Waals surface area contributed by atoms with Gasteiger partial charge in [-0.1, -0.05) is 0 Å². The highest BCUT2D eigenvalue weighted by Gasteiger charge is 2.14. The quantitative estimate of drug-likeness (QED) is 0.756. The van der Waals surface area contributed by atoms with Crippen molar-refractivity contribution in [2.45, 2.75) is 0 Å². The number of benzene rings is 1. The van der Waals surface area contributed by atoms with Gasteiger partial charge < -0.3 is 5.73 Å². The second kappa shape index (κ2) is 3.84. The lowest BCUT2D eigenvalue weighted by Gasteiger charge is -2.05. The molecule has 2 nitrogen and oxygen atoms in total. The van der Waals surface area contributed by atoms with Crippen molar-refractivity contribution in [1.29, 1.82) is 0 Å². The molecule has 1 heterocycles. The van der Waals surface area contributed by atoms with Crippen molar-refractivity contribution in [2.75, 3.05) is 5.73 Å². The van der Waals surface area contributed by atoms with Gasteiger partial charge in [0.05, 0.1) is 0 Å². The van der Waals surface area contributed by atoms with E-state index in [9.17, 15) is 13.2 Å². The van der Waals surface area contributed by atoms with Crippen LogP contribution in [0.25, 0.3) is 11.1 Å². The van der Waals surface area contributed by atoms with Gasteiger partial charge in [-0.25, -0.2) is 18.2 Å². The maximum absolute atomic E-state index is 13.4. The van der Waals surface area contributed by atoms with Crippen LogP contribution >= 0.6 is 0 Å². The lowest BCUT2D eigenvalue weighted by atomic mass is 10.1. The van der Waals surface area contributed by atoms with Crippen LogP contribution < -0.4 is 5.73 Å². The van der Waals surface area contributed by atoms with Crippen LogP contribution in [0.4, 0.5) is 19.0 Å². The Balaban J connectivity index is 2.61. The monoisotopic (exact) mass is 224 g/mol. The molecular weight excluding hydrogens is 217 g/mol. The van der Waals surface area contributed by atoms with Crippen LogP contribution in [0.2, 0.25) is 0 Å². The molecule has 0 amide bonds.